The van der Waals surface area contributed by atoms with E-state index >= 15 is 0 Å². The highest BCUT2D eigenvalue weighted by Crippen LogP contribution is 2.37. The van der Waals surface area contributed by atoms with E-state index in [-0.39, 0.29) is 6.79 Å². The third-order valence-electron chi connectivity index (χ3n) is 6.45. The van der Waals surface area contributed by atoms with Gasteiger partial charge in [0.25, 0.3) is 5.56 Å². The van der Waals surface area contributed by atoms with Crippen LogP contribution in [0.1, 0.15) is 25.3 Å². The first-order chi connectivity index (χ1) is 16.3. The summed E-state index contributed by atoms with van der Waals surface area (Å²) in [6, 6.07) is 14.0. The van der Waals surface area contributed by atoms with Crippen molar-refractivity contribution in [2.45, 2.75) is 19.8 Å². The maximum absolute atomic E-state index is 13.1. The molecule has 4 heterocycles. The number of fused-ring (bicyclic) bond motifs is 4. The second-order valence-electron chi connectivity index (χ2n) is 8.82. The zero-order chi connectivity index (χ0) is 23.7. The molecule has 0 saturated carbocycles. The quantitative estimate of drug-likeness (QED) is 0.415. The predicted octanol–water partition coefficient (Wildman–Crippen LogP) is 3.19. The topological polar surface area (TPSA) is 84.7 Å². The average Bonchev–Trinajstić information content (AvgIpc) is 3.54. The van der Waals surface area contributed by atoms with Crippen molar-refractivity contribution < 1.29 is 9.47 Å². The molecule has 5 aromatic rings. The lowest BCUT2D eigenvalue weighted by Gasteiger charge is -2.12. The van der Waals surface area contributed by atoms with Crippen LogP contribution in [0.4, 0.5) is 0 Å². The number of rotatable bonds is 3. The number of hydrogen-bond acceptors (Lipinski definition) is 5. The van der Waals surface area contributed by atoms with Crippen molar-refractivity contribution in [3.63, 3.8) is 0 Å². The van der Waals surface area contributed by atoms with Gasteiger partial charge in [-0.15, -0.1) is 0 Å². The molecule has 0 N–H and O–H groups in total. The molecular formula is C25H23N5O4. The van der Waals surface area contributed by atoms with Crippen LogP contribution >= 0.6 is 0 Å². The van der Waals surface area contributed by atoms with Crippen molar-refractivity contribution >= 4 is 16.9 Å². The van der Waals surface area contributed by atoms with Gasteiger partial charge in [-0.25, -0.2) is 4.79 Å². The van der Waals surface area contributed by atoms with Gasteiger partial charge < -0.3 is 9.47 Å². The number of benzene rings is 2. The summed E-state index contributed by atoms with van der Waals surface area (Å²) in [6.45, 7) is 4.49. The molecule has 34 heavy (non-hydrogen) atoms. The Morgan fingerprint density at radius 1 is 0.941 bits per heavy atom. The molecule has 2 aromatic carbocycles. The van der Waals surface area contributed by atoms with E-state index in [9.17, 15) is 9.59 Å². The van der Waals surface area contributed by atoms with Crippen LogP contribution in [0, 0.1) is 0 Å². The smallest absolute Gasteiger partial charge is 0.332 e. The molecule has 0 atom stereocenters. The minimum atomic E-state index is -0.415. The Bertz CT molecular complexity index is 1720. The van der Waals surface area contributed by atoms with E-state index in [0.29, 0.717) is 34.4 Å². The van der Waals surface area contributed by atoms with Crippen molar-refractivity contribution in [3.8, 4) is 28.4 Å². The van der Waals surface area contributed by atoms with E-state index in [1.807, 2.05) is 41.1 Å². The molecule has 0 spiro atoms. The van der Waals surface area contributed by atoms with E-state index in [1.165, 1.54) is 17.2 Å². The van der Waals surface area contributed by atoms with Gasteiger partial charge in [-0.05, 0) is 41.8 Å². The molecule has 6 rings (SSSR count). The first-order valence-electron chi connectivity index (χ1n) is 11.0. The number of nitrogens with zero attached hydrogens (tertiary/aromatic N) is 5. The summed E-state index contributed by atoms with van der Waals surface area (Å²) >= 11 is 0. The summed E-state index contributed by atoms with van der Waals surface area (Å²) in [5, 5.41) is 0. The van der Waals surface area contributed by atoms with Crippen LogP contribution in [0.3, 0.4) is 0 Å². The van der Waals surface area contributed by atoms with E-state index in [1.54, 1.807) is 11.4 Å². The number of hydrogen-bond donors (Lipinski definition) is 0. The standard InChI is InChI=1S/C25H23N5O4/c1-14(2)15-5-8-17(9-6-15)30-18(16-7-10-19-20(11-16)34-13-33-19)12-29-21-22(26-24(29)30)27(3)25(32)28(4)23(21)31/h5-12,14H,13H2,1-4H3. The highest BCUT2D eigenvalue weighted by atomic mass is 16.7. The molecule has 0 unspecified atom stereocenters. The summed E-state index contributed by atoms with van der Waals surface area (Å²) in [5.41, 5.74) is 3.71. The maximum Gasteiger partial charge on any atom is 0.332 e. The fourth-order valence-corrected chi connectivity index (χ4v) is 4.49. The second kappa shape index (κ2) is 7.11. The maximum atomic E-state index is 13.1. The molecule has 1 aliphatic heterocycles. The van der Waals surface area contributed by atoms with Crippen LogP contribution < -0.4 is 20.7 Å². The van der Waals surface area contributed by atoms with Gasteiger partial charge in [0, 0.05) is 31.5 Å². The van der Waals surface area contributed by atoms with Crippen LogP contribution in [-0.4, -0.2) is 29.9 Å². The molecule has 3 aromatic heterocycles. The number of imidazole rings is 2. The third kappa shape index (κ3) is 2.76. The Morgan fingerprint density at radius 2 is 1.68 bits per heavy atom. The van der Waals surface area contributed by atoms with Gasteiger partial charge in [0.1, 0.15) is 0 Å². The van der Waals surface area contributed by atoms with Gasteiger partial charge >= 0.3 is 5.69 Å². The molecule has 9 heteroatoms. The molecule has 0 saturated heterocycles. The minimum Gasteiger partial charge on any atom is -0.454 e. The van der Waals surface area contributed by atoms with E-state index in [2.05, 4.69) is 26.0 Å². The normalized spacial score (nSPS) is 13.0. The first-order valence-corrected chi connectivity index (χ1v) is 11.0. The van der Waals surface area contributed by atoms with Crippen LogP contribution in [0.15, 0.2) is 58.3 Å². The molecule has 9 nitrogen and oxygen atoms in total. The van der Waals surface area contributed by atoms with Crippen molar-refractivity contribution in [2.75, 3.05) is 6.79 Å². The molecule has 0 aliphatic carbocycles. The largest absolute Gasteiger partial charge is 0.454 e. The zero-order valence-electron chi connectivity index (χ0n) is 19.3. The van der Waals surface area contributed by atoms with Crippen LogP contribution in [0.5, 0.6) is 11.5 Å². The molecule has 0 fully saturated rings. The zero-order valence-corrected chi connectivity index (χ0v) is 19.3. The fraction of sp³-hybridized carbons (Fsp3) is 0.240. The van der Waals surface area contributed by atoms with Crippen molar-refractivity contribution in [1.29, 1.82) is 0 Å². The lowest BCUT2D eigenvalue weighted by atomic mass is 10.0. The van der Waals surface area contributed by atoms with E-state index in [0.717, 1.165) is 21.5 Å². The summed E-state index contributed by atoms with van der Waals surface area (Å²) in [6.07, 6.45) is 1.88. The van der Waals surface area contributed by atoms with Gasteiger partial charge in [-0.3, -0.25) is 22.9 Å². The average molecular weight is 457 g/mol. The number of aromatic nitrogens is 5. The lowest BCUT2D eigenvalue weighted by molar-refractivity contribution is 0.174. The molecule has 0 radical (unpaired) electrons. The Kier molecular flexibility index (Phi) is 4.26. The van der Waals surface area contributed by atoms with Crippen molar-refractivity contribution in [1.82, 2.24) is 23.1 Å². The Labute approximate surface area is 194 Å². The van der Waals surface area contributed by atoms with Crippen LogP contribution in [0.25, 0.3) is 33.9 Å². The summed E-state index contributed by atoms with van der Waals surface area (Å²) < 4.78 is 17.3. The number of ether oxygens (including phenoxy) is 2. The monoisotopic (exact) mass is 457 g/mol. The van der Waals surface area contributed by atoms with Crippen LogP contribution in [-0.2, 0) is 14.1 Å². The van der Waals surface area contributed by atoms with E-state index < -0.39 is 11.2 Å². The van der Waals surface area contributed by atoms with Gasteiger partial charge in [-0.2, -0.15) is 4.98 Å². The SMILES string of the molecule is CC(C)c1ccc(-n2c(-c3ccc4c(c3)OCO4)cn3c4c(=O)n(C)c(=O)n(C)c4nc23)cc1. The highest BCUT2D eigenvalue weighted by Gasteiger charge is 2.23. The molecule has 0 amide bonds. The van der Waals surface area contributed by atoms with Gasteiger partial charge in [0.05, 0.1) is 5.69 Å². The first kappa shape index (κ1) is 20.3. The Balaban J connectivity index is 1.70. The van der Waals surface area contributed by atoms with Crippen molar-refractivity contribution in [2.24, 2.45) is 14.1 Å². The molecule has 172 valence electrons. The predicted molar refractivity (Wildman–Crippen MR) is 128 cm³/mol. The van der Waals surface area contributed by atoms with Gasteiger partial charge in [0.2, 0.25) is 12.6 Å². The summed E-state index contributed by atoms with van der Waals surface area (Å²) in [4.78, 5) is 30.3. The van der Waals surface area contributed by atoms with E-state index in [4.69, 9.17) is 14.5 Å². The Morgan fingerprint density at radius 3 is 2.41 bits per heavy atom. The number of aryl methyl sites for hydroxylation is 1. The second-order valence-corrected chi connectivity index (χ2v) is 8.82. The summed E-state index contributed by atoms with van der Waals surface area (Å²) in [5.74, 6) is 2.31. The summed E-state index contributed by atoms with van der Waals surface area (Å²) in [7, 11) is 3.10. The molecule has 0 bridgehead atoms. The lowest BCUT2D eigenvalue weighted by Crippen LogP contribution is -2.37. The van der Waals surface area contributed by atoms with Crippen molar-refractivity contribution in [3.05, 3.63) is 75.1 Å². The molecular weight excluding hydrogens is 434 g/mol. The van der Waals surface area contributed by atoms with Gasteiger partial charge in [0.15, 0.2) is 22.7 Å². The van der Waals surface area contributed by atoms with Crippen LogP contribution in [0.2, 0.25) is 0 Å². The van der Waals surface area contributed by atoms with Gasteiger partial charge in [-0.1, -0.05) is 26.0 Å². The minimum absolute atomic E-state index is 0.189. The Hall–Kier alpha value is -4.27. The third-order valence-corrected chi connectivity index (χ3v) is 6.45. The highest BCUT2D eigenvalue weighted by molar-refractivity contribution is 5.80. The fourth-order valence-electron chi connectivity index (χ4n) is 4.49. The molecule has 1 aliphatic rings.